The number of halogens is 1. The number of rotatable bonds is 4. The monoisotopic (exact) mass is 313 g/mol. The third-order valence-corrected chi connectivity index (χ3v) is 3.17. The maximum absolute atomic E-state index is 11.7. The summed E-state index contributed by atoms with van der Waals surface area (Å²) in [5.41, 5.74) is 6.50. The first-order valence-corrected chi connectivity index (χ1v) is 6.81. The maximum Gasteiger partial charge on any atom is 0.323 e. The molecule has 0 aliphatic carbocycles. The minimum absolute atomic E-state index is 0.338. The minimum Gasteiger partial charge on any atom is -0.459 e. The number of esters is 1. The van der Waals surface area contributed by atoms with Crippen molar-refractivity contribution < 1.29 is 9.53 Å². The van der Waals surface area contributed by atoms with E-state index in [0.29, 0.717) is 6.42 Å². The molecule has 0 aliphatic rings. The Kier molecular flexibility index (Phi) is 5.35. The highest BCUT2D eigenvalue weighted by atomic mass is 79.9. The molecule has 0 aromatic heterocycles. The molecule has 0 fully saturated rings. The number of hydrogen-bond acceptors (Lipinski definition) is 3. The fourth-order valence-corrected chi connectivity index (χ4v) is 1.99. The van der Waals surface area contributed by atoms with Crippen molar-refractivity contribution in [2.24, 2.45) is 5.73 Å². The third-order valence-electron chi connectivity index (χ3n) is 2.39. The number of carbonyl (C=O) groups is 1. The molecule has 0 radical (unpaired) electrons. The van der Waals surface area contributed by atoms with Crippen LogP contribution in [0.2, 0.25) is 0 Å². The largest absolute Gasteiger partial charge is 0.459 e. The summed E-state index contributed by atoms with van der Waals surface area (Å²) in [4.78, 5) is 11.7. The van der Waals surface area contributed by atoms with Gasteiger partial charge in [0.2, 0.25) is 0 Å². The molecule has 4 heteroatoms. The van der Waals surface area contributed by atoms with Crippen molar-refractivity contribution in [3.05, 3.63) is 34.3 Å². The standard InChI is InChI=1S/C14H20BrNO2/c1-14(2,3)18-13(17)12(16)9-8-10-6-4-5-7-11(10)15/h4-7,12H,8-9,16H2,1-3H3. The molecule has 0 heterocycles. The van der Waals surface area contributed by atoms with Gasteiger partial charge in [-0.05, 0) is 45.2 Å². The van der Waals surface area contributed by atoms with Crippen molar-refractivity contribution in [2.45, 2.75) is 45.3 Å². The van der Waals surface area contributed by atoms with Gasteiger partial charge in [0.15, 0.2) is 0 Å². The van der Waals surface area contributed by atoms with Crippen LogP contribution in [0.5, 0.6) is 0 Å². The quantitative estimate of drug-likeness (QED) is 0.869. The zero-order chi connectivity index (χ0) is 13.8. The highest BCUT2D eigenvalue weighted by molar-refractivity contribution is 9.10. The van der Waals surface area contributed by atoms with Crippen molar-refractivity contribution in [3.8, 4) is 0 Å². The second-order valence-corrected chi connectivity index (χ2v) is 6.12. The predicted molar refractivity (Wildman–Crippen MR) is 76.3 cm³/mol. The molecule has 1 aromatic carbocycles. The SMILES string of the molecule is CC(C)(C)OC(=O)C(N)CCc1ccccc1Br. The number of nitrogens with two attached hydrogens (primary N) is 1. The van der Waals surface area contributed by atoms with E-state index in [2.05, 4.69) is 15.9 Å². The topological polar surface area (TPSA) is 52.3 Å². The molecule has 18 heavy (non-hydrogen) atoms. The summed E-state index contributed by atoms with van der Waals surface area (Å²) in [5, 5.41) is 0. The third kappa shape index (κ3) is 5.19. The zero-order valence-electron chi connectivity index (χ0n) is 11.1. The molecule has 0 saturated heterocycles. The lowest BCUT2D eigenvalue weighted by atomic mass is 10.1. The molecule has 100 valence electrons. The van der Waals surface area contributed by atoms with E-state index in [9.17, 15) is 4.79 Å². The van der Waals surface area contributed by atoms with E-state index in [-0.39, 0.29) is 5.97 Å². The van der Waals surface area contributed by atoms with Gasteiger partial charge in [-0.2, -0.15) is 0 Å². The maximum atomic E-state index is 11.7. The van der Waals surface area contributed by atoms with Crippen LogP contribution >= 0.6 is 15.9 Å². The Bertz CT molecular complexity index is 413. The summed E-state index contributed by atoms with van der Waals surface area (Å²) in [6.45, 7) is 5.52. The van der Waals surface area contributed by atoms with Gasteiger partial charge in [0.05, 0.1) is 0 Å². The lowest BCUT2D eigenvalue weighted by Crippen LogP contribution is -2.37. The Hall–Kier alpha value is -0.870. The van der Waals surface area contributed by atoms with E-state index < -0.39 is 11.6 Å². The molecule has 0 aliphatic heterocycles. The molecular weight excluding hydrogens is 294 g/mol. The Morgan fingerprint density at radius 2 is 2.00 bits per heavy atom. The highest BCUT2D eigenvalue weighted by Gasteiger charge is 2.21. The van der Waals surface area contributed by atoms with E-state index >= 15 is 0 Å². The van der Waals surface area contributed by atoms with Gasteiger partial charge in [0.25, 0.3) is 0 Å². The van der Waals surface area contributed by atoms with E-state index in [0.717, 1.165) is 16.5 Å². The molecular formula is C14H20BrNO2. The Morgan fingerprint density at radius 1 is 1.39 bits per heavy atom. The Labute approximate surface area is 117 Å². The van der Waals surface area contributed by atoms with Crippen LogP contribution in [0, 0.1) is 0 Å². The molecule has 0 spiro atoms. The van der Waals surface area contributed by atoms with Crippen molar-refractivity contribution in [1.82, 2.24) is 0 Å². The van der Waals surface area contributed by atoms with Crippen molar-refractivity contribution >= 4 is 21.9 Å². The summed E-state index contributed by atoms with van der Waals surface area (Å²) < 4.78 is 6.29. The highest BCUT2D eigenvalue weighted by Crippen LogP contribution is 2.18. The average molecular weight is 314 g/mol. The van der Waals surface area contributed by atoms with Crippen molar-refractivity contribution in [2.75, 3.05) is 0 Å². The smallest absolute Gasteiger partial charge is 0.323 e. The van der Waals surface area contributed by atoms with Crippen LogP contribution in [0.25, 0.3) is 0 Å². The summed E-state index contributed by atoms with van der Waals surface area (Å²) in [5.74, 6) is -0.338. The summed E-state index contributed by atoms with van der Waals surface area (Å²) in [6.07, 6.45) is 1.33. The van der Waals surface area contributed by atoms with Gasteiger partial charge in [0, 0.05) is 4.47 Å². The first-order chi connectivity index (χ1) is 8.29. The number of carbonyl (C=O) groups excluding carboxylic acids is 1. The summed E-state index contributed by atoms with van der Waals surface area (Å²) in [7, 11) is 0. The minimum atomic E-state index is -0.573. The zero-order valence-corrected chi connectivity index (χ0v) is 12.7. The Morgan fingerprint density at radius 3 is 2.56 bits per heavy atom. The van der Waals surface area contributed by atoms with E-state index in [1.807, 2.05) is 45.0 Å². The van der Waals surface area contributed by atoms with Crippen LogP contribution < -0.4 is 5.73 Å². The van der Waals surface area contributed by atoms with Gasteiger partial charge in [-0.25, -0.2) is 0 Å². The van der Waals surface area contributed by atoms with Gasteiger partial charge in [-0.1, -0.05) is 34.1 Å². The average Bonchev–Trinajstić information content (AvgIpc) is 2.25. The van der Waals surface area contributed by atoms with E-state index in [4.69, 9.17) is 10.5 Å². The molecule has 1 atom stereocenters. The van der Waals surface area contributed by atoms with E-state index in [1.165, 1.54) is 0 Å². The molecule has 3 nitrogen and oxygen atoms in total. The van der Waals surface area contributed by atoms with Crippen LogP contribution in [0.1, 0.15) is 32.8 Å². The first kappa shape index (κ1) is 15.2. The lowest BCUT2D eigenvalue weighted by molar-refractivity contribution is -0.156. The number of ether oxygens (including phenoxy) is 1. The van der Waals surface area contributed by atoms with Crippen LogP contribution in [0.4, 0.5) is 0 Å². The van der Waals surface area contributed by atoms with Crippen LogP contribution in [-0.2, 0) is 16.0 Å². The fraction of sp³-hybridized carbons (Fsp3) is 0.500. The molecule has 0 amide bonds. The lowest BCUT2D eigenvalue weighted by Gasteiger charge is -2.22. The fourth-order valence-electron chi connectivity index (χ4n) is 1.51. The van der Waals surface area contributed by atoms with Crippen LogP contribution in [0.15, 0.2) is 28.7 Å². The second-order valence-electron chi connectivity index (χ2n) is 5.27. The van der Waals surface area contributed by atoms with Crippen LogP contribution in [0.3, 0.4) is 0 Å². The molecule has 1 aromatic rings. The van der Waals surface area contributed by atoms with Gasteiger partial charge in [-0.3, -0.25) is 4.79 Å². The predicted octanol–water partition coefficient (Wildman–Crippen LogP) is 3.05. The summed E-state index contributed by atoms with van der Waals surface area (Å²) in [6, 6.07) is 7.36. The summed E-state index contributed by atoms with van der Waals surface area (Å²) >= 11 is 3.48. The normalized spacial score (nSPS) is 13.2. The van der Waals surface area contributed by atoms with Gasteiger partial charge in [0.1, 0.15) is 11.6 Å². The van der Waals surface area contributed by atoms with Crippen LogP contribution in [-0.4, -0.2) is 17.6 Å². The van der Waals surface area contributed by atoms with Gasteiger partial charge >= 0.3 is 5.97 Å². The number of aryl methyl sites for hydroxylation is 1. The Balaban J connectivity index is 2.49. The van der Waals surface area contributed by atoms with Gasteiger partial charge < -0.3 is 10.5 Å². The molecule has 0 bridgehead atoms. The van der Waals surface area contributed by atoms with Crippen molar-refractivity contribution in [1.29, 1.82) is 0 Å². The van der Waals surface area contributed by atoms with Crippen molar-refractivity contribution in [3.63, 3.8) is 0 Å². The molecule has 0 saturated carbocycles. The number of hydrogen-bond donors (Lipinski definition) is 1. The molecule has 2 N–H and O–H groups in total. The number of benzene rings is 1. The van der Waals surface area contributed by atoms with E-state index in [1.54, 1.807) is 0 Å². The second kappa shape index (κ2) is 6.34. The van der Waals surface area contributed by atoms with Gasteiger partial charge in [-0.15, -0.1) is 0 Å². The first-order valence-electron chi connectivity index (χ1n) is 6.01. The molecule has 1 rings (SSSR count). The molecule has 1 unspecified atom stereocenters.